The summed E-state index contributed by atoms with van der Waals surface area (Å²) >= 11 is 0. The first-order valence-electron chi connectivity index (χ1n) is 7.68. The van der Waals surface area contributed by atoms with Crippen LogP contribution >= 0.6 is 0 Å². The highest BCUT2D eigenvalue weighted by Crippen LogP contribution is 2.26. The van der Waals surface area contributed by atoms with Gasteiger partial charge in [0.25, 0.3) is 0 Å². The van der Waals surface area contributed by atoms with E-state index < -0.39 is 0 Å². The molecule has 1 heteroatoms. The zero-order valence-corrected chi connectivity index (χ0v) is 12.4. The first kappa shape index (κ1) is 14.2. The summed E-state index contributed by atoms with van der Waals surface area (Å²) in [5.74, 6) is 1.48. The molecule has 1 aromatic rings. The van der Waals surface area contributed by atoms with Gasteiger partial charge in [0, 0.05) is 18.8 Å². The maximum atomic E-state index is 4.35. The van der Waals surface area contributed by atoms with Gasteiger partial charge in [-0.1, -0.05) is 57.2 Å². The minimum absolute atomic E-state index is 0.542. The summed E-state index contributed by atoms with van der Waals surface area (Å²) in [7, 11) is 0. The van der Waals surface area contributed by atoms with Crippen molar-refractivity contribution in [1.82, 2.24) is 4.90 Å². The second-order valence-electron chi connectivity index (χ2n) is 5.92. The van der Waals surface area contributed by atoms with E-state index in [-0.39, 0.29) is 0 Å². The van der Waals surface area contributed by atoms with Gasteiger partial charge in [-0.25, -0.2) is 0 Å². The van der Waals surface area contributed by atoms with Crippen LogP contribution in [0, 0.1) is 11.8 Å². The maximum Gasteiger partial charge on any atom is 0.0177 e. The second-order valence-corrected chi connectivity index (χ2v) is 5.92. The molecule has 1 atom stereocenters. The smallest absolute Gasteiger partial charge is 0.0177 e. The summed E-state index contributed by atoms with van der Waals surface area (Å²) in [5, 5.41) is 0. The van der Waals surface area contributed by atoms with Crippen LogP contribution < -0.4 is 0 Å². The molecule has 1 saturated heterocycles. The average molecular weight is 257 g/mol. The highest BCUT2D eigenvalue weighted by atomic mass is 15.1. The fourth-order valence-corrected chi connectivity index (χ4v) is 3.03. The Kier molecular flexibility index (Phi) is 5.07. The van der Waals surface area contributed by atoms with Crippen LogP contribution in [-0.2, 0) is 6.42 Å². The first-order chi connectivity index (χ1) is 9.20. The van der Waals surface area contributed by atoms with Gasteiger partial charge in [-0.05, 0) is 36.7 Å². The molecule has 104 valence electrons. The lowest BCUT2D eigenvalue weighted by Crippen LogP contribution is -2.34. The van der Waals surface area contributed by atoms with Crippen LogP contribution in [-0.4, -0.2) is 18.0 Å². The van der Waals surface area contributed by atoms with Crippen molar-refractivity contribution in [3.05, 3.63) is 48.2 Å². The highest BCUT2D eigenvalue weighted by Gasteiger charge is 2.21. The summed E-state index contributed by atoms with van der Waals surface area (Å²) in [6, 6.07) is 10.8. The van der Waals surface area contributed by atoms with Gasteiger partial charge in [0.15, 0.2) is 0 Å². The molecule has 2 rings (SSSR count). The zero-order valence-electron chi connectivity index (χ0n) is 12.4. The van der Waals surface area contributed by atoms with Crippen LogP contribution in [0.25, 0.3) is 0 Å². The fourth-order valence-electron chi connectivity index (χ4n) is 3.03. The molecule has 19 heavy (non-hydrogen) atoms. The van der Waals surface area contributed by atoms with Crippen LogP contribution in [0.5, 0.6) is 0 Å². The number of benzene rings is 1. The Balaban J connectivity index is 1.86. The summed E-state index contributed by atoms with van der Waals surface area (Å²) in [6.45, 7) is 11.4. The van der Waals surface area contributed by atoms with Crippen molar-refractivity contribution in [3.8, 4) is 0 Å². The van der Waals surface area contributed by atoms with Crippen LogP contribution in [0.1, 0.15) is 38.7 Å². The summed E-state index contributed by atoms with van der Waals surface area (Å²) in [6.07, 6.45) is 5.12. The molecular weight excluding hydrogens is 230 g/mol. The van der Waals surface area contributed by atoms with E-state index >= 15 is 0 Å². The average Bonchev–Trinajstić information content (AvgIpc) is 2.47. The topological polar surface area (TPSA) is 3.24 Å². The number of allylic oxidation sites excluding steroid dienone is 1. The highest BCUT2D eigenvalue weighted by molar-refractivity contribution is 5.17. The zero-order chi connectivity index (χ0) is 13.7. The van der Waals surface area contributed by atoms with Gasteiger partial charge in [0.2, 0.25) is 0 Å². The Hall–Kier alpha value is -1.24. The molecule has 1 fully saturated rings. The predicted octanol–water partition coefficient (Wildman–Crippen LogP) is 4.50. The third kappa shape index (κ3) is 3.86. The van der Waals surface area contributed by atoms with Gasteiger partial charge >= 0.3 is 0 Å². The first-order valence-corrected chi connectivity index (χ1v) is 7.68. The number of nitrogens with zero attached hydrogens (tertiary/aromatic N) is 1. The molecule has 0 aliphatic carbocycles. The van der Waals surface area contributed by atoms with Crippen LogP contribution in [0.2, 0.25) is 0 Å². The minimum Gasteiger partial charge on any atom is -0.375 e. The Morgan fingerprint density at radius 1 is 1.26 bits per heavy atom. The van der Waals surface area contributed by atoms with Crippen molar-refractivity contribution in [3.63, 3.8) is 0 Å². The summed E-state index contributed by atoms with van der Waals surface area (Å²) < 4.78 is 0. The SMILES string of the molecule is C=C(C(C)Cc1ccccc1)N1CCC(CC)CC1. The van der Waals surface area contributed by atoms with Gasteiger partial charge in [-0.2, -0.15) is 0 Å². The lowest BCUT2D eigenvalue weighted by molar-refractivity contribution is 0.207. The fraction of sp³-hybridized carbons (Fsp3) is 0.556. The Labute approximate surface area is 118 Å². The third-order valence-corrected chi connectivity index (χ3v) is 4.55. The predicted molar refractivity (Wildman–Crippen MR) is 83.0 cm³/mol. The summed E-state index contributed by atoms with van der Waals surface area (Å²) in [4.78, 5) is 2.51. The third-order valence-electron chi connectivity index (χ3n) is 4.55. The largest absolute Gasteiger partial charge is 0.375 e. The molecule has 0 amide bonds. The van der Waals surface area contributed by atoms with Crippen LogP contribution in [0.3, 0.4) is 0 Å². The molecule has 0 bridgehead atoms. The van der Waals surface area contributed by atoms with Gasteiger partial charge in [-0.15, -0.1) is 0 Å². The normalized spacial score (nSPS) is 18.3. The molecule has 1 aliphatic rings. The molecule has 0 N–H and O–H groups in total. The maximum absolute atomic E-state index is 4.35. The number of hydrogen-bond acceptors (Lipinski definition) is 1. The van der Waals surface area contributed by atoms with Gasteiger partial charge < -0.3 is 4.90 Å². The van der Waals surface area contributed by atoms with E-state index in [4.69, 9.17) is 0 Å². The number of hydrogen-bond donors (Lipinski definition) is 0. The van der Waals surface area contributed by atoms with E-state index in [1.54, 1.807) is 0 Å². The monoisotopic (exact) mass is 257 g/mol. The second kappa shape index (κ2) is 6.79. The van der Waals surface area contributed by atoms with Crippen molar-refractivity contribution in [2.45, 2.75) is 39.5 Å². The molecule has 1 aliphatic heterocycles. The number of piperidine rings is 1. The van der Waals surface area contributed by atoms with E-state index in [0.717, 1.165) is 12.3 Å². The quantitative estimate of drug-likeness (QED) is 0.750. The molecule has 0 saturated carbocycles. The van der Waals surface area contributed by atoms with Crippen molar-refractivity contribution in [1.29, 1.82) is 0 Å². The van der Waals surface area contributed by atoms with Crippen molar-refractivity contribution in [2.24, 2.45) is 11.8 Å². The molecule has 1 unspecified atom stereocenters. The van der Waals surface area contributed by atoms with E-state index in [1.165, 1.54) is 43.6 Å². The molecule has 1 heterocycles. The van der Waals surface area contributed by atoms with E-state index in [9.17, 15) is 0 Å². The molecular formula is C18H27N. The lowest BCUT2D eigenvalue weighted by atomic mass is 9.92. The Bertz CT molecular complexity index is 387. The Morgan fingerprint density at radius 3 is 2.47 bits per heavy atom. The minimum atomic E-state index is 0.542. The van der Waals surface area contributed by atoms with Crippen molar-refractivity contribution >= 4 is 0 Å². The molecule has 1 nitrogen and oxygen atoms in total. The number of rotatable bonds is 5. The standard InChI is InChI=1S/C18H27N/c1-4-17-10-12-19(13-11-17)16(3)15(2)14-18-8-6-5-7-9-18/h5-9,15,17H,3-4,10-14H2,1-2H3. The van der Waals surface area contributed by atoms with E-state index in [1.807, 2.05) is 0 Å². The molecule has 0 spiro atoms. The lowest BCUT2D eigenvalue weighted by Gasteiger charge is -2.36. The molecule has 0 aromatic heterocycles. The molecule has 1 aromatic carbocycles. The van der Waals surface area contributed by atoms with Gasteiger partial charge in [-0.3, -0.25) is 0 Å². The van der Waals surface area contributed by atoms with Crippen molar-refractivity contribution in [2.75, 3.05) is 13.1 Å². The van der Waals surface area contributed by atoms with E-state index in [2.05, 4.69) is 55.7 Å². The molecule has 0 radical (unpaired) electrons. The van der Waals surface area contributed by atoms with Gasteiger partial charge in [0.1, 0.15) is 0 Å². The van der Waals surface area contributed by atoms with Crippen molar-refractivity contribution < 1.29 is 0 Å². The number of likely N-dealkylation sites (tertiary alicyclic amines) is 1. The van der Waals surface area contributed by atoms with Crippen LogP contribution in [0.4, 0.5) is 0 Å². The van der Waals surface area contributed by atoms with Crippen LogP contribution in [0.15, 0.2) is 42.6 Å². The van der Waals surface area contributed by atoms with Gasteiger partial charge in [0.05, 0.1) is 0 Å². The summed E-state index contributed by atoms with van der Waals surface area (Å²) in [5.41, 5.74) is 2.75. The van der Waals surface area contributed by atoms with E-state index in [0.29, 0.717) is 5.92 Å². The Morgan fingerprint density at radius 2 is 1.89 bits per heavy atom.